The highest BCUT2D eigenvalue weighted by atomic mass is 16.4. The van der Waals surface area contributed by atoms with Crippen molar-refractivity contribution in [2.24, 2.45) is 0 Å². The molecule has 0 unspecified atom stereocenters. The van der Waals surface area contributed by atoms with Gasteiger partial charge >= 0.3 is 5.97 Å². The van der Waals surface area contributed by atoms with Crippen molar-refractivity contribution in [3.63, 3.8) is 0 Å². The summed E-state index contributed by atoms with van der Waals surface area (Å²) in [4.78, 5) is 11.0. The normalized spacial score (nSPS) is 20.2. The van der Waals surface area contributed by atoms with E-state index < -0.39 is 5.97 Å². The predicted molar refractivity (Wildman–Crippen MR) is 98.8 cm³/mol. The van der Waals surface area contributed by atoms with Crippen LogP contribution in [0, 0.1) is 6.92 Å². The smallest absolute Gasteiger partial charge is 0.303 e. The number of rotatable bonds is 5. The molecule has 0 amide bonds. The number of carboxylic acids is 1. The molecule has 1 aromatic carbocycles. The molecule has 2 saturated carbocycles. The Morgan fingerprint density at radius 3 is 1.79 bits per heavy atom. The molecule has 0 heterocycles. The van der Waals surface area contributed by atoms with Crippen molar-refractivity contribution in [1.82, 2.24) is 0 Å². The Balaban J connectivity index is 1.92. The summed E-state index contributed by atoms with van der Waals surface area (Å²) in [6, 6.07) is 4.70. The summed E-state index contributed by atoms with van der Waals surface area (Å²) < 4.78 is 0. The number of benzene rings is 1. The van der Waals surface area contributed by atoms with Crippen LogP contribution in [-0.2, 0) is 11.2 Å². The van der Waals surface area contributed by atoms with Crippen LogP contribution >= 0.6 is 0 Å². The zero-order valence-electron chi connectivity index (χ0n) is 15.2. The maximum atomic E-state index is 11.0. The molecule has 2 fully saturated rings. The van der Waals surface area contributed by atoms with Gasteiger partial charge in [0.25, 0.3) is 0 Å². The van der Waals surface area contributed by atoms with Crippen molar-refractivity contribution < 1.29 is 9.90 Å². The van der Waals surface area contributed by atoms with Crippen LogP contribution in [0.5, 0.6) is 0 Å². The van der Waals surface area contributed by atoms with E-state index >= 15 is 0 Å². The van der Waals surface area contributed by atoms with Crippen LogP contribution < -0.4 is 0 Å². The van der Waals surface area contributed by atoms with Gasteiger partial charge in [0.1, 0.15) is 0 Å². The maximum Gasteiger partial charge on any atom is 0.303 e. The van der Waals surface area contributed by atoms with Gasteiger partial charge in [0.15, 0.2) is 0 Å². The third-order valence-corrected chi connectivity index (χ3v) is 6.27. The van der Waals surface area contributed by atoms with E-state index in [9.17, 15) is 4.79 Å². The molecule has 1 N–H and O–H groups in total. The third-order valence-electron chi connectivity index (χ3n) is 6.27. The Morgan fingerprint density at radius 1 is 0.917 bits per heavy atom. The van der Waals surface area contributed by atoms with Crippen molar-refractivity contribution in [1.29, 1.82) is 0 Å². The number of carbonyl (C=O) groups is 1. The van der Waals surface area contributed by atoms with E-state index in [0.717, 1.165) is 0 Å². The highest BCUT2D eigenvalue weighted by Gasteiger charge is 2.23. The molecule has 1 aromatic rings. The third kappa shape index (κ3) is 4.20. The quantitative estimate of drug-likeness (QED) is 0.708. The van der Waals surface area contributed by atoms with Gasteiger partial charge in [0.2, 0.25) is 0 Å². The highest BCUT2D eigenvalue weighted by molar-refractivity contribution is 5.67. The second kappa shape index (κ2) is 8.18. The molecule has 0 aliphatic heterocycles. The second-order valence-corrected chi connectivity index (χ2v) is 7.96. The van der Waals surface area contributed by atoms with Gasteiger partial charge in [0, 0.05) is 6.42 Å². The molecule has 0 bridgehead atoms. The number of aryl methyl sites for hydroxylation is 1. The Morgan fingerprint density at radius 2 is 1.38 bits per heavy atom. The topological polar surface area (TPSA) is 37.3 Å². The van der Waals surface area contributed by atoms with Gasteiger partial charge in [-0.3, -0.25) is 4.79 Å². The zero-order chi connectivity index (χ0) is 16.9. The van der Waals surface area contributed by atoms with Crippen molar-refractivity contribution in [3.8, 4) is 0 Å². The van der Waals surface area contributed by atoms with E-state index in [-0.39, 0.29) is 6.42 Å². The number of carboxylic acid groups (broad SMARTS) is 1. The average Bonchev–Trinajstić information content (AvgIpc) is 2.62. The Labute approximate surface area is 146 Å². The van der Waals surface area contributed by atoms with Crippen LogP contribution in [0.2, 0.25) is 0 Å². The molecule has 132 valence electrons. The average molecular weight is 328 g/mol. The number of hydrogen-bond donors (Lipinski definition) is 1. The van der Waals surface area contributed by atoms with Gasteiger partial charge in [-0.2, -0.15) is 0 Å². The van der Waals surface area contributed by atoms with Crippen LogP contribution in [0.15, 0.2) is 12.1 Å². The van der Waals surface area contributed by atoms with E-state index in [1.54, 1.807) is 0 Å². The second-order valence-electron chi connectivity index (χ2n) is 7.96. The summed E-state index contributed by atoms with van der Waals surface area (Å²) in [5.74, 6) is 0.714. The van der Waals surface area contributed by atoms with Crippen LogP contribution in [0.1, 0.15) is 105 Å². The van der Waals surface area contributed by atoms with Crippen molar-refractivity contribution in [3.05, 3.63) is 34.4 Å². The molecule has 2 aliphatic carbocycles. The van der Waals surface area contributed by atoms with Gasteiger partial charge in [-0.15, -0.1) is 0 Å². The van der Waals surface area contributed by atoms with E-state index in [4.69, 9.17) is 5.11 Å². The molecule has 2 heteroatoms. The predicted octanol–water partition coefficient (Wildman–Crippen LogP) is 6.11. The molecule has 2 aliphatic rings. The Kier molecular flexibility index (Phi) is 5.97. The molecule has 2 nitrogen and oxygen atoms in total. The van der Waals surface area contributed by atoms with Crippen LogP contribution in [-0.4, -0.2) is 11.1 Å². The van der Waals surface area contributed by atoms with E-state index in [2.05, 4.69) is 19.1 Å². The van der Waals surface area contributed by atoms with Crippen LogP contribution in [0.3, 0.4) is 0 Å². The SMILES string of the molecule is Cc1c(C2CCCCC2)cc(CCC(=O)O)cc1C1CCCCC1. The first-order chi connectivity index (χ1) is 11.6. The summed E-state index contributed by atoms with van der Waals surface area (Å²) in [6.45, 7) is 2.33. The molecular formula is C22H32O2. The van der Waals surface area contributed by atoms with Crippen LogP contribution in [0.4, 0.5) is 0 Å². The minimum atomic E-state index is -0.686. The zero-order valence-corrected chi connectivity index (χ0v) is 15.2. The van der Waals surface area contributed by atoms with Crippen molar-refractivity contribution >= 4 is 5.97 Å². The van der Waals surface area contributed by atoms with Gasteiger partial charge < -0.3 is 5.11 Å². The fourth-order valence-corrected chi connectivity index (χ4v) is 4.90. The van der Waals surface area contributed by atoms with Gasteiger partial charge in [-0.25, -0.2) is 0 Å². The number of aliphatic carboxylic acids is 1. The standard InChI is InChI=1S/C22H32O2/c1-16-20(18-8-4-2-5-9-18)14-17(12-13-22(23)24)15-21(16)19-10-6-3-7-11-19/h14-15,18-19H,2-13H2,1H3,(H,23,24). The molecule has 0 aromatic heterocycles. The molecule has 3 rings (SSSR count). The monoisotopic (exact) mass is 328 g/mol. The first-order valence-corrected chi connectivity index (χ1v) is 10.00. The molecule has 0 saturated heterocycles. The lowest BCUT2D eigenvalue weighted by Crippen LogP contribution is -2.12. The van der Waals surface area contributed by atoms with E-state index in [0.29, 0.717) is 18.3 Å². The largest absolute Gasteiger partial charge is 0.481 e. The molecule has 24 heavy (non-hydrogen) atoms. The van der Waals surface area contributed by atoms with Gasteiger partial charge in [-0.1, -0.05) is 50.7 Å². The first-order valence-electron chi connectivity index (χ1n) is 10.00. The van der Waals surface area contributed by atoms with Crippen LogP contribution in [0.25, 0.3) is 0 Å². The fourth-order valence-electron chi connectivity index (χ4n) is 4.90. The minimum Gasteiger partial charge on any atom is -0.481 e. The molecule has 0 spiro atoms. The maximum absolute atomic E-state index is 11.0. The van der Waals surface area contributed by atoms with E-state index in [1.165, 1.54) is 86.5 Å². The lowest BCUT2D eigenvalue weighted by molar-refractivity contribution is -0.136. The number of hydrogen-bond acceptors (Lipinski definition) is 1. The Bertz CT molecular complexity index is 524. The lowest BCUT2D eigenvalue weighted by atomic mass is 9.76. The molecule has 0 radical (unpaired) electrons. The van der Waals surface area contributed by atoms with Crippen molar-refractivity contribution in [2.45, 2.75) is 95.8 Å². The summed E-state index contributed by atoms with van der Waals surface area (Å²) in [7, 11) is 0. The fraction of sp³-hybridized carbons (Fsp3) is 0.682. The first kappa shape index (κ1) is 17.5. The minimum absolute atomic E-state index is 0.247. The highest BCUT2D eigenvalue weighted by Crippen LogP contribution is 2.40. The molecule has 0 atom stereocenters. The summed E-state index contributed by atoms with van der Waals surface area (Å²) in [6.07, 6.45) is 14.3. The molecular weight excluding hydrogens is 296 g/mol. The van der Waals surface area contributed by atoms with Gasteiger partial charge in [-0.05, 0) is 73.1 Å². The van der Waals surface area contributed by atoms with Gasteiger partial charge in [0.05, 0.1) is 0 Å². The Hall–Kier alpha value is -1.31. The summed E-state index contributed by atoms with van der Waals surface area (Å²) in [5.41, 5.74) is 5.85. The summed E-state index contributed by atoms with van der Waals surface area (Å²) in [5, 5.41) is 9.07. The summed E-state index contributed by atoms with van der Waals surface area (Å²) >= 11 is 0. The van der Waals surface area contributed by atoms with Crippen molar-refractivity contribution in [2.75, 3.05) is 0 Å². The van der Waals surface area contributed by atoms with E-state index in [1.807, 2.05) is 0 Å². The lowest BCUT2D eigenvalue weighted by Gasteiger charge is -2.29.